The van der Waals surface area contributed by atoms with Gasteiger partial charge in [-0.1, -0.05) is 24.3 Å². The van der Waals surface area contributed by atoms with E-state index in [0.29, 0.717) is 0 Å². The molecule has 4 rings (SSSR count). The Kier molecular flexibility index (Phi) is 8.06. The Balaban J connectivity index is 0.00000306. The van der Waals surface area contributed by atoms with Crippen LogP contribution in [0.4, 0.5) is 5.82 Å². The fraction of sp³-hybridized carbons (Fsp3) is 0.409. The monoisotopic (exact) mass is 491 g/mol. The number of hydrogen-bond donors (Lipinski definition) is 1. The standard InChI is InChI=1S/C22H29N7O2S.ClH/c1-17-20(15-25-27(17)2)16-28-10-12-29(13-11-28)22-21(23-8-9-24-22)19-6-4-18(5-7-19)14-26-32(3,30)31;/h4-9,15,26H,10-14,16H2,1-3H3;1H. The van der Waals surface area contributed by atoms with E-state index in [1.165, 1.54) is 11.3 Å². The van der Waals surface area contributed by atoms with Gasteiger partial charge in [-0.3, -0.25) is 14.6 Å². The first-order valence-corrected chi connectivity index (χ1v) is 12.5. The third kappa shape index (κ3) is 6.29. The maximum absolute atomic E-state index is 11.3. The molecule has 9 nitrogen and oxygen atoms in total. The summed E-state index contributed by atoms with van der Waals surface area (Å²) >= 11 is 0. The largest absolute Gasteiger partial charge is 0.352 e. The second-order valence-electron chi connectivity index (χ2n) is 8.16. The number of nitrogens with zero attached hydrogens (tertiary/aromatic N) is 6. The van der Waals surface area contributed by atoms with Crippen molar-refractivity contribution in [2.45, 2.75) is 20.0 Å². The lowest BCUT2D eigenvalue weighted by Gasteiger charge is -2.35. The number of rotatable bonds is 7. The number of piperazine rings is 1. The van der Waals surface area contributed by atoms with E-state index < -0.39 is 10.0 Å². The summed E-state index contributed by atoms with van der Waals surface area (Å²) in [6.45, 7) is 6.92. The van der Waals surface area contributed by atoms with Gasteiger partial charge in [-0.15, -0.1) is 12.4 Å². The molecule has 2 aromatic heterocycles. The van der Waals surface area contributed by atoms with Crippen LogP contribution < -0.4 is 9.62 Å². The van der Waals surface area contributed by atoms with Crippen LogP contribution >= 0.6 is 12.4 Å². The Morgan fingerprint density at radius 2 is 1.70 bits per heavy atom. The maximum Gasteiger partial charge on any atom is 0.209 e. The summed E-state index contributed by atoms with van der Waals surface area (Å²) in [7, 11) is -1.25. The summed E-state index contributed by atoms with van der Waals surface area (Å²) in [6, 6.07) is 7.77. The van der Waals surface area contributed by atoms with E-state index in [2.05, 4.69) is 36.5 Å². The lowest BCUT2D eigenvalue weighted by Crippen LogP contribution is -2.46. The second-order valence-corrected chi connectivity index (χ2v) is 9.99. The zero-order valence-corrected chi connectivity index (χ0v) is 20.7. The number of halogens is 1. The molecule has 1 fully saturated rings. The van der Waals surface area contributed by atoms with Gasteiger partial charge < -0.3 is 4.90 Å². The first-order valence-electron chi connectivity index (χ1n) is 10.6. The van der Waals surface area contributed by atoms with Crippen LogP contribution in [-0.2, 0) is 30.2 Å². The highest BCUT2D eigenvalue weighted by atomic mass is 35.5. The number of aromatic nitrogens is 4. The first-order chi connectivity index (χ1) is 15.3. The molecule has 1 aliphatic rings. The molecule has 1 aliphatic heterocycles. The van der Waals surface area contributed by atoms with E-state index in [9.17, 15) is 8.42 Å². The highest BCUT2D eigenvalue weighted by Gasteiger charge is 2.22. The molecule has 11 heteroatoms. The molecule has 1 aromatic carbocycles. The molecule has 0 bridgehead atoms. The molecule has 33 heavy (non-hydrogen) atoms. The molecule has 0 spiro atoms. The van der Waals surface area contributed by atoms with Crippen molar-refractivity contribution in [3.63, 3.8) is 0 Å². The van der Waals surface area contributed by atoms with Crippen LogP contribution in [0.5, 0.6) is 0 Å². The molecule has 0 aliphatic carbocycles. The smallest absolute Gasteiger partial charge is 0.209 e. The van der Waals surface area contributed by atoms with Crippen molar-refractivity contribution in [3.8, 4) is 11.3 Å². The normalized spacial score (nSPS) is 14.8. The predicted octanol–water partition coefficient (Wildman–Crippen LogP) is 1.98. The van der Waals surface area contributed by atoms with Crippen molar-refractivity contribution in [1.29, 1.82) is 0 Å². The minimum absolute atomic E-state index is 0. The molecular weight excluding hydrogens is 462 g/mol. The van der Waals surface area contributed by atoms with Gasteiger partial charge in [0.15, 0.2) is 5.82 Å². The number of hydrogen-bond acceptors (Lipinski definition) is 7. The molecule has 0 radical (unpaired) electrons. The van der Waals surface area contributed by atoms with Gasteiger partial charge >= 0.3 is 0 Å². The van der Waals surface area contributed by atoms with Crippen molar-refractivity contribution >= 4 is 28.2 Å². The van der Waals surface area contributed by atoms with Gasteiger partial charge in [-0.25, -0.2) is 18.1 Å². The highest BCUT2D eigenvalue weighted by Crippen LogP contribution is 2.28. The van der Waals surface area contributed by atoms with Crippen molar-refractivity contribution in [2.24, 2.45) is 7.05 Å². The lowest BCUT2D eigenvalue weighted by atomic mass is 10.1. The van der Waals surface area contributed by atoms with Gasteiger partial charge in [-0.05, 0) is 12.5 Å². The molecular formula is C22H30ClN7O2S. The van der Waals surface area contributed by atoms with Gasteiger partial charge in [0.1, 0.15) is 5.69 Å². The van der Waals surface area contributed by atoms with Crippen molar-refractivity contribution in [2.75, 3.05) is 37.3 Å². The summed E-state index contributed by atoms with van der Waals surface area (Å²) in [5.41, 5.74) is 5.17. The van der Waals surface area contributed by atoms with Gasteiger partial charge in [0.25, 0.3) is 0 Å². The number of anilines is 1. The molecule has 178 valence electrons. The van der Waals surface area contributed by atoms with Crippen LogP contribution in [0.2, 0.25) is 0 Å². The van der Waals surface area contributed by atoms with E-state index in [4.69, 9.17) is 0 Å². The minimum atomic E-state index is -3.22. The van der Waals surface area contributed by atoms with Gasteiger partial charge in [0.05, 0.1) is 12.5 Å². The van der Waals surface area contributed by atoms with Crippen LogP contribution in [0.15, 0.2) is 42.9 Å². The highest BCUT2D eigenvalue weighted by molar-refractivity contribution is 7.88. The Hall–Kier alpha value is -2.53. The minimum Gasteiger partial charge on any atom is -0.352 e. The Labute approximate surface area is 201 Å². The van der Waals surface area contributed by atoms with Gasteiger partial charge in [0.2, 0.25) is 10.0 Å². The van der Waals surface area contributed by atoms with E-state index in [1.54, 1.807) is 12.4 Å². The average Bonchev–Trinajstić information content (AvgIpc) is 3.10. The molecule has 3 heterocycles. The summed E-state index contributed by atoms with van der Waals surface area (Å²) in [4.78, 5) is 14.0. The summed E-state index contributed by atoms with van der Waals surface area (Å²) in [5, 5.41) is 4.35. The number of nitrogens with one attached hydrogen (secondary N) is 1. The number of aryl methyl sites for hydroxylation is 1. The van der Waals surface area contributed by atoms with E-state index in [-0.39, 0.29) is 19.0 Å². The molecule has 0 unspecified atom stereocenters. The van der Waals surface area contributed by atoms with Gasteiger partial charge in [-0.2, -0.15) is 5.10 Å². The van der Waals surface area contributed by atoms with Crippen LogP contribution in [0.25, 0.3) is 11.3 Å². The van der Waals surface area contributed by atoms with Crippen LogP contribution in [-0.4, -0.2) is 65.5 Å². The molecule has 0 saturated carbocycles. The quantitative estimate of drug-likeness (QED) is 0.539. The SMILES string of the molecule is Cc1c(CN2CCN(c3nccnc3-c3ccc(CNS(C)(=O)=O)cc3)CC2)cnn1C.Cl. The summed E-state index contributed by atoms with van der Waals surface area (Å²) < 4.78 is 27.1. The second kappa shape index (κ2) is 10.6. The molecule has 1 saturated heterocycles. The third-order valence-electron chi connectivity index (χ3n) is 5.85. The topological polar surface area (TPSA) is 96.2 Å². The Morgan fingerprint density at radius 3 is 2.30 bits per heavy atom. The Bertz CT molecular complexity index is 1170. The van der Waals surface area contributed by atoms with E-state index >= 15 is 0 Å². The van der Waals surface area contributed by atoms with Crippen LogP contribution in [0.3, 0.4) is 0 Å². The fourth-order valence-electron chi connectivity index (χ4n) is 3.82. The van der Waals surface area contributed by atoms with E-state index in [1.807, 2.05) is 42.2 Å². The van der Waals surface area contributed by atoms with Gasteiger partial charge in [0, 0.05) is 75.5 Å². The predicted molar refractivity (Wildman–Crippen MR) is 132 cm³/mol. The average molecular weight is 492 g/mol. The number of sulfonamides is 1. The van der Waals surface area contributed by atoms with Crippen molar-refractivity contribution in [1.82, 2.24) is 29.4 Å². The number of benzene rings is 1. The zero-order chi connectivity index (χ0) is 22.7. The Morgan fingerprint density at radius 1 is 1.03 bits per heavy atom. The summed E-state index contributed by atoms with van der Waals surface area (Å²) in [6.07, 6.45) is 6.55. The van der Waals surface area contributed by atoms with E-state index in [0.717, 1.165) is 61.6 Å². The van der Waals surface area contributed by atoms with Crippen LogP contribution in [0.1, 0.15) is 16.8 Å². The summed E-state index contributed by atoms with van der Waals surface area (Å²) in [5.74, 6) is 0.881. The maximum atomic E-state index is 11.3. The molecule has 0 atom stereocenters. The van der Waals surface area contributed by atoms with Crippen molar-refractivity contribution < 1.29 is 8.42 Å². The molecule has 3 aromatic rings. The van der Waals surface area contributed by atoms with Crippen LogP contribution in [0, 0.1) is 6.92 Å². The first kappa shape index (κ1) is 25.1. The zero-order valence-electron chi connectivity index (χ0n) is 19.1. The van der Waals surface area contributed by atoms with Crippen molar-refractivity contribution in [3.05, 3.63) is 59.7 Å². The molecule has 1 N–H and O–H groups in total. The fourth-order valence-corrected chi connectivity index (χ4v) is 4.25. The third-order valence-corrected chi connectivity index (χ3v) is 6.52. The lowest BCUT2D eigenvalue weighted by molar-refractivity contribution is 0.249. The molecule has 0 amide bonds.